The molecule has 1 aromatic carbocycles. The summed E-state index contributed by atoms with van der Waals surface area (Å²) in [5.41, 5.74) is -0.400. The van der Waals surface area contributed by atoms with Gasteiger partial charge in [0.1, 0.15) is 5.73 Å². The van der Waals surface area contributed by atoms with Crippen LogP contribution in [0.15, 0.2) is 30.0 Å². The molecule has 0 atom stereocenters. The average Bonchev–Trinajstić information content (AvgIpc) is 2.71. The maximum atomic E-state index is 15.4. The molecule has 2 saturated heterocycles. The third kappa shape index (κ3) is 3.78. The second-order valence-electron chi connectivity index (χ2n) is 7.77. The Balaban J connectivity index is 1.92. The number of aliphatic hydroxyl groups excluding tert-OH is 1. The fourth-order valence-corrected chi connectivity index (χ4v) is 3.07. The summed E-state index contributed by atoms with van der Waals surface area (Å²) in [5, 5.41) is 10.1. The molecule has 2 aliphatic heterocycles. The van der Waals surface area contributed by atoms with Crippen LogP contribution in [0.2, 0.25) is 5.02 Å². The van der Waals surface area contributed by atoms with Gasteiger partial charge in [-0.2, -0.15) is 0 Å². The number of rotatable bonds is 4. The summed E-state index contributed by atoms with van der Waals surface area (Å²) in [6, 6.07) is 7.05. The van der Waals surface area contributed by atoms with E-state index in [9.17, 15) is 5.11 Å². The normalized spacial score (nSPS) is 24.2. The number of hydrogen-bond donors (Lipinski definition) is 1. The molecule has 2 heterocycles. The molecule has 0 spiro atoms. The van der Waals surface area contributed by atoms with Crippen LogP contribution in [0.4, 0.5) is 4.39 Å². The second-order valence-corrected chi connectivity index (χ2v) is 8.21. The minimum Gasteiger partial charge on any atom is -0.398 e. The van der Waals surface area contributed by atoms with E-state index < -0.39 is 24.0 Å². The van der Waals surface area contributed by atoms with Gasteiger partial charge in [-0.15, -0.1) is 0 Å². The van der Waals surface area contributed by atoms with E-state index in [0.29, 0.717) is 30.2 Å². The van der Waals surface area contributed by atoms with E-state index in [1.54, 1.807) is 24.3 Å². The van der Waals surface area contributed by atoms with Crippen LogP contribution in [0.3, 0.4) is 0 Å². The number of likely N-dealkylation sites (tertiary alicyclic amines) is 1. The highest BCUT2D eigenvalue weighted by Crippen LogP contribution is 2.40. The average molecular weight is 368 g/mol. The Morgan fingerprint density at radius 1 is 1.20 bits per heavy atom. The molecule has 7 heteroatoms. The number of aliphatic hydroxyl groups is 1. The van der Waals surface area contributed by atoms with Crippen molar-refractivity contribution in [2.75, 3.05) is 19.6 Å². The lowest BCUT2D eigenvalue weighted by Crippen LogP contribution is -2.51. The maximum absolute atomic E-state index is 15.4. The van der Waals surface area contributed by atoms with Crippen molar-refractivity contribution >= 4 is 24.3 Å². The zero-order valence-corrected chi connectivity index (χ0v) is 15.8. The maximum Gasteiger partial charge on any atom is 0.525 e. The first-order valence-corrected chi connectivity index (χ1v) is 8.87. The Labute approximate surface area is 153 Å². The highest BCUT2D eigenvalue weighted by molar-refractivity contribution is 6.55. The summed E-state index contributed by atoms with van der Waals surface area (Å²) in [5.74, 6) is 0. The molecule has 0 amide bonds. The summed E-state index contributed by atoms with van der Waals surface area (Å²) in [4.78, 5) is 1.99. The molecule has 2 fully saturated rings. The monoisotopic (exact) mass is 367 g/mol. The molecule has 0 aromatic heterocycles. The first-order valence-electron chi connectivity index (χ1n) is 8.49. The van der Waals surface area contributed by atoms with Gasteiger partial charge in [-0.3, -0.25) is 4.90 Å². The van der Waals surface area contributed by atoms with Crippen molar-refractivity contribution in [3.63, 3.8) is 0 Å². The number of benzene rings is 1. The molecule has 2 aliphatic rings. The van der Waals surface area contributed by atoms with Gasteiger partial charge in [-0.1, -0.05) is 23.7 Å². The summed E-state index contributed by atoms with van der Waals surface area (Å²) in [6.45, 7) is 9.04. The zero-order valence-electron chi connectivity index (χ0n) is 15.1. The zero-order chi connectivity index (χ0) is 18.4. The molecule has 1 N–H and O–H groups in total. The van der Waals surface area contributed by atoms with Gasteiger partial charge in [0.2, 0.25) is 0 Å². The topological polar surface area (TPSA) is 41.9 Å². The van der Waals surface area contributed by atoms with Gasteiger partial charge in [0.25, 0.3) is 0 Å². The fraction of sp³-hybridized carbons (Fsp3) is 0.556. The van der Waals surface area contributed by atoms with Crippen LogP contribution in [0.1, 0.15) is 33.3 Å². The second kappa shape index (κ2) is 6.67. The van der Waals surface area contributed by atoms with Gasteiger partial charge in [0, 0.05) is 30.2 Å². The number of nitrogens with zero attached hydrogens (tertiary/aromatic N) is 1. The largest absolute Gasteiger partial charge is 0.525 e. The Kier molecular flexibility index (Phi) is 5.03. The van der Waals surface area contributed by atoms with Gasteiger partial charge in [0.05, 0.1) is 17.3 Å². The molecule has 4 nitrogen and oxygen atoms in total. The van der Waals surface area contributed by atoms with Gasteiger partial charge >= 0.3 is 7.12 Å². The van der Waals surface area contributed by atoms with Gasteiger partial charge in [-0.25, -0.2) is 4.39 Å². The van der Waals surface area contributed by atoms with Crippen molar-refractivity contribution in [2.24, 2.45) is 0 Å². The lowest BCUT2D eigenvalue weighted by atomic mass is 9.82. The van der Waals surface area contributed by atoms with Crippen molar-refractivity contribution in [3.05, 3.63) is 40.6 Å². The van der Waals surface area contributed by atoms with E-state index in [0.717, 1.165) is 5.56 Å². The smallest absolute Gasteiger partial charge is 0.398 e. The van der Waals surface area contributed by atoms with Crippen LogP contribution in [0.5, 0.6) is 0 Å². The Hall–Kier alpha value is -0.915. The van der Waals surface area contributed by atoms with Crippen molar-refractivity contribution in [2.45, 2.75) is 45.0 Å². The van der Waals surface area contributed by atoms with Crippen molar-refractivity contribution in [1.82, 2.24) is 4.90 Å². The quantitative estimate of drug-likeness (QED) is 0.829. The predicted octanol–water partition coefficient (Wildman–Crippen LogP) is 3.33. The molecule has 0 aliphatic carbocycles. The number of β-amino-alcohol motifs (C(OH)–C–C–N with tert-alkyl or cyclic N) is 1. The van der Waals surface area contributed by atoms with E-state index in [-0.39, 0.29) is 6.10 Å². The Morgan fingerprint density at radius 2 is 1.72 bits per heavy atom. The predicted molar refractivity (Wildman–Crippen MR) is 98.0 cm³/mol. The Morgan fingerprint density at radius 3 is 2.20 bits per heavy atom. The molecule has 0 radical (unpaired) electrons. The summed E-state index contributed by atoms with van der Waals surface area (Å²) in [7, 11) is -1.04. The lowest BCUT2D eigenvalue weighted by Gasteiger charge is -2.36. The highest BCUT2D eigenvalue weighted by atomic mass is 35.5. The minimum atomic E-state index is -1.04. The van der Waals surface area contributed by atoms with Crippen LogP contribution in [-0.2, 0) is 9.31 Å². The molecule has 0 bridgehead atoms. The van der Waals surface area contributed by atoms with Gasteiger partial charge in [0.15, 0.2) is 0 Å². The molecular weight excluding hydrogens is 343 g/mol. The number of hydrogen-bond acceptors (Lipinski definition) is 4. The van der Waals surface area contributed by atoms with E-state index in [4.69, 9.17) is 20.9 Å². The molecule has 3 rings (SSSR count). The number of halogens is 2. The van der Waals surface area contributed by atoms with Crippen molar-refractivity contribution in [1.29, 1.82) is 0 Å². The summed E-state index contributed by atoms with van der Waals surface area (Å²) < 4.78 is 27.1. The van der Waals surface area contributed by atoms with E-state index >= 15 is 4.39 Å². The van der Waals surface area contributed by atoms with E-state index in [1.807, 2.05) is 32.6 Å². The van der Waals surface area contributed by atoms with Crippen LogP contribution in [0.25, 0.3) is 5.57 Å². The first kappa shape index (κ1) is 18.9. The molecular formula is C18H24BClFNO3. The van der Waals surface area contributed by atoms with Crippen LogP contribution >= 0.6 is 11.6 Å². The van der Waals surface area contributed by atoms with Crippen LogP contribution < -0.4 is 0 Å². The highest BCUT2D eigenvalue weighted by Gasteiger charge is 2.53. The van der Waals surface area contributed by atoms with Gasteiger partial charge < -0.3 is 14.4 Å². The van der Waals surface area contributed by atoms with Crippen LogP contribution in [-0.4, -0.2) is 54.1 Å². The third-order valence-electron chi connectivity index (χ3n) is 5.26. The van der Waals surface area contributed by atoms with Crippen LogP contribution in [0, 0.1) is 0 Å². The van der Waals surface area contributed by atoms with E-state index in [2.05, 4.69) is 0 Å². The van der Waals surface area contributed by atoms with Crippen molar-refractivity contribution in [3.8, 4) is 0 Å². The Bertz CT molecular complexity index is 655. The standard InChI is InChI=1S/C18H24BClFNO3/c1-17(2)18(3,4)25-19(24-17)16(21)15(11-22-9-14(23)10-22)12-5-7-13(20)8-6-12/h5-8,14,23H,9-11H2,1-4H3. The molecule has 0 unspecified atom stereocenters. The fourth-order valence-electron chi connectivity index (χ4n) is 2.94. The van der Waals surface area contributed by atoms with Gasteiger partial charge in [-0.05, 0) is 45.4 Å². The minimum absolute atomic E-state index is 0.341. The van der Waals surface area contributed by atoms with Crippen molar-refractivity contribution < 1.29 is 18.8 Å². The molecule has 25 heavy (non-hydrogen) atoms. The SMILES string of the molecule is CC1(C)OB(C(F)=C(CN2CC(O)C2)c2ccc(Cl)cc2)OC1(C)C. The third-order valence-corrected chi connectivity index (χ3v) is 5.51. The van der Waals surface area contributed by atoms with E-state index in [1.165, 1.54) is 0 Å². The molecule has 1 aromatic rings. The molecule has 136 valence electrons. The lowest BCUT2D eigenvalue weighted by molar-refractivity contribution is 0.00578. The summed E-state index contributed by atoms with van der Waals surface area (Å²) in [6.07, 6.45) is -0.341. The summed E-state index contributed by atoms with van der Waals surface area (Å²) >= 11 is 5.96. The molecule has 0 saturated carbocycles. The first-order chi connectivity index (χ1) is 11.6.